The molecule has 0 aliphatic heterocycles. The van der Waals surface area contributed by atoms with Crippen LogP contribution in [0.25, 0.3) is 0 Å². The number of aliphatic carboxylic acids is 1. The van der Waals surface area contributed by atoms with Crippen LogP contribution in [-0.4, -0.2) is 34.5 Å². The van der Waals surface area contributed by atoms with Gasteiger partial charge in [-0.25, -0.2) is 4.79 Å². The number of hydrogen-bond acceptors (Lipinski definition) is 2. The number of carboxylic acids is 1. The molecule has 0 radical (unpaired) electrons. The summed E-state index contributed by atoms with van der Waals surface area (Å²) < 4.78 is 0. The largest absolute Gasteiger partial charge is 0.480 e. The quantitative estimate of drug-likeness (QED) is 0.713. The summed E-state index contributed by atoms with van der Waals surface area (Å²) in [6.07, 6.45) is 0. The Hall–Kier alpha value is -1.06. The minimum absolute atomic E-state index is 0.0682. The van der Waals surface area contributed by atoms with Gasteiger partial charge in [0.25, 0.3) is 0 Å². The molecule has 1 N–H and O–H groups in total. The second-order valence-corrected chi connectivity index (χ2v) is 3.33. The Kier molecular flexibility index (Phi) is 4.45. The summed E-state index contributed by atoms with van der Waals surface area (Å²) >= 11 is 0. The number of carboxylic acid groups (broad SMARTS) is 1. The second kappa shape index (κ2) is 4.84. The first-order chi connectivity index (χ1) is 5.91. The van der Waals surface area contributed by atoms with Crippen LogP contribution >= 0.6 is 0 Å². The van der Waals surface area contributed by atoms with Gasteiger partial charge in [-0.05, 0) is 12.8 Å². The summed E-state index contributed by atoms with van der Waals surface area (Å²) in [6.45, 7) is 7.20. The van der Waals surface area contributed by atoms with Gasteiger partial charge in [-0.15, -0.1) is 0 Å². The molecule has 0 aromatic heterocycles. The van der Waals surface area contributed by atoms with Crippen LogP contribution in [0.3, 0.4) is 0 Å². The molecule has 0 bridgehead atoms. The fourth-order valence-electron chi connectivity index (χ4n) is 1.39. The van der Waals surface area contributed by atoms with E-state index in [0.717, 1.165) is 0 Å². The van der Waals surface area contributed by atoms with E-state index in [4.69, 9.17) is 5.11 Å². The Morgan fingerprint density at radius 1 is 1.38 bits per heavy atom. The zero-order valence-corrected chi connectivity index (χ0v) is 8.57. The first-order valence-electron chi connectivity index (χ1n) is 4.41. The van der Waals surface area contributed by atoms with E-state index in [1.54, 1.807) is 20.8 Å². The van der Waals surface area contributed by atoms with Crippen molar-refractivity contribution < 1.29 is 14.7 Å². The number of rotatable bonds is 4. The molecule has 0 saturated carbocycles. The van der Waals surface area contributed by atoms with Gasteiger partial charge in [0.1, 0.15) is 6.04 Å². The van der Waals surface area contributed by atoms with Crippen LogP contribution in [0.5, 0.6) is 0 Å². The number of amides is 1. The van der Waals surface area contributed by atoms with E-state index in [-0.39, 0.29) is 11.8 Å². The molecular formula is C9H17NO3. The SMILES string of the molecule is CCN(C(C)=O)[C@H](C(=O)O)C(C)C. The Morgan fingerprint density at radius 3 is 1.92 bits per heavy atom. The fraction of sp³-hybridized carbons (Fsp3) is 0.778. The molecule has 76 valence electrons. The molecule has 0 spiro atoms. The molecule has 0 heterocycles. The molecule has 4 heteroatoms. The van der Waals surface area contributed by atoms with E-state index in [9.17, 15) is 9.59 Å². The van der Waals surface area contributed by atoms with E-state index in [2.05, 4.69) is 0 Å². The number of hydrogen-bond donors (Lipinski definition) is 1. The van der Waals surface area contributed by atoms with E-state index in [1.807, 2.05) is 0 Å². The Bertz CT molecular complexity index is 201. The lowest BCUT2D eigenvalue weighted by Gasteiger charge is -2.29. The van der Waals surface area contributed by atoms with Crippen LogP contribution in [0, 0.1) is 5.92 Å². The van der Waals surface area contributed by atoms with Gasteiger partial charge >= 0.3 is 5.97 Å². The van der Waals surface area contributed by atoms with Crippen LogP contribution in [-0.2, 0) is 9.59 Å². The summed E-state index contributed by atoms with van der Waals surface area (Å²) in [7, 11) is 0. The summed E-state index contributed by atoms with van der Waals surface area (Å²) in [5.41, 5.74) is 0. The average Bonchev–Trinajstić information content (AvgIpc) is 1.97. The van der Waals surface area contributed by atoms with Crippen LogP contribution in [0.15, 0.2) is 0 Å². The standard InChI is InChI=1S/C9H17NO3/c1-5-10(7(4)11)8(6(2)3)9(12)13/h6,8H,5H2,1-4H3,(H,12,13)/t8-/m0/s1. The second-order valence-electron chi connectivity index (χ2n) is 3.33. The lowest BCUT2D eigenvalue weighted by Crippen LogP contribution is -2.47. The maximum atomic E-state index is 11.1. The molecule has 13 heavy (non-hydrogen) atoms. The van der Waals surface area contributed by atoms with Gasteiger partial charge in [0, 0.05) is 13.5 Å². The lowest BCUT2D eigenvalue weighted by atomic mass is 10.0. The topological polar surface area (TPSA) is 57.6 Å². The Balaban J connectivity index is 4.69. The lowest BCUT2D eigenvalue weighted by molar-refractivity contribution is -0.151. The monoisotopic (exact) mass is 187 g/mol. The maximum Gasteiger partial charge on any atom is 0.326 e. The molecule has 0 aliphatic carbocycles. The van der Waals surface area contributed by atoms with Crippen molar-refractivity contribution in [2.75, 3.05) is 6.54 Å². The molecule has 0 fully saturated rings. The normalized spacial score (nSPS) is 12.7. The van der Waals surface area contributed by atoms with Crippen LogP contribution in [0.1, 0.15) is 27.7 Å². The zero-order chi connectivity index (χ0) is 10.6. The first-order valence-corrected chi connectivity index (χ1v) is 4.41. The van der Waals surface area contributed by atoms with Gasteiger partial charge in [0.15, 0.2) is 0 Å². The van der Waals surface area contributed by atoms with Crippen molar-refractivity contribution in [1.29, 1.82) is 0 Å². The fourth-order valence-corrected chi connectivity index (χ4v) is 1.39. The highest BCUT2D eigenvalue weighted by molar-refractivity contribution is 5.82. The summed E-state index contributed by atoms with van der Waals surface area (Å²) in [5.74, 6) is -1.20. The molecule has 0 aliphatic rings. The van der Waals surface area contributed by atoms with Gasteiger partial charge in [-0.3, -0.25) is 4.79 Å². The highest BCUT2D eigenvalue weighted by atomic mass is 16.4. The summed E-state index contributed by atoms with van der Waals surface area (Å²) in [4.78, 5) is 23.3. The van der Waals surface area contributed by atoms with E-state index >= 15 is 0 Å². The Labute approximate surface area is 78.5 Å². The predicted octanol–water partition coefficient (Wildman–Crippen LogP) is 0.964. The highest BCUT2D eigenvalue weighted by Gasteiger charge is 2.29. The zero-order valence-electron chi connectivity index (χ0n) is 8.57. The molecule has 1 amide bonds. The molecule has 0 saturated heterocycles. The number of nitrogens with zero attached hydrogens (tertiary/aromatic N) is 1. The van der Waals surface area contributed by atoms with Gasteiger partial charge in [-0.2, -0.15) is 0 Å². The van der Waals surface area contributed by atoms with Crippen molar-refractivity contribution in [3.05, 3.63) is 0 Å². The summed E-state index contributed by atoms with van der Waals surface area (Å²) in [5, 5.41) is 8.90. The van der Waals surface area contributed by atoms with Gasteiger partial charge in [0.2, 0.25) is 5.91 Å². The Morgan fingerprint density at radius 2 is 1.85 bits per heavy atom. The summed E-state index contributed by atoms with van der Waals surface area (Å²) in [6, 6.07) is -0.706. The van der Waals surface area contributed by atoms with E-state index < -0.39 is 12.0 Å². The average molecular weight is 187 g/mol. The third-order valence-electron chi connectivity index (χ3n) is 1.97. The maximum absolute atomic E-state index is 11.1. The van der Waals surface area contributed by atoms with E-state index in [0.29, 0.717) is 6.54 Å². The third-order valence-corrected chi connectivity index (χ3v) is 1.97. The van der Waals surface area contributed by atoms with Gasteiger partial charge in [-0.1, -0.05) is 13.8 Å². The van der Waals surface area contributed by atoms with Crippen LogP contribution in [0.4, 0.5) is 0 Å². The minimum atomic E-state index is -0.938. The molecule has 1 atom stereocenters. The highest BCUT2D eigenvalue weighted by Crippen LogP contribution is 2.11. The van der Waals surface area contributed by atoms with Crippen molar-refractivity contribution >= 4 is 11.9 Å². The smallest absolute Gasteiger partial charge is 0.326 e. The first kappa shape index (κ1) is 11.9. The molecule has 4 nitrogen and oxygen atoms in total. The van der Waals surface area contributed by atoms with Crippen molar-refractivity contribution in [3.63, 3.8) is 0 Å². The number of likely N-dealkylation sites (N-methyl/N-ethyl adjacent to an activating group) is 1. The molecule has 0 rings (SSSR count). The van der Waals surface area contributed by atoms with Crippen molar-refractivity contribution in [1.82, 2.24) is 4.90 Å². The minimum Gasteiger partial charge on any atom is -0.480 e. The van der Waals surface area contributed by atoms with Crippen LogP contribution in [0.2, 0.25) is 0 Å². The van der Waals surface area contributed by atoms with Gasteiger partial charge in [0.05, 0.1) is 0 Å². The van der Waals surface area contributed by atoms with Crippen molar-refractivity contribution in [3.8, 4) is 0 Å². The van der Waals surface area contributed by atoms with Crippen LogP contribution < -0.4 is 0 Å². The van der Waals surface area contributed by atoms with Gasteiger partial charge < -0.3 is 10.0 Å². The molecular weight excluding hydrogens is 170 g/mol. The van der Waals surface area contributed by atoms with Crippen molar-refractivity contribution in [2.24, 2.45) is 5.92 Å². The van der Waals surface area contributed by atoms with E-state index in [1.165, 1.54) is 11.8 Å². The number of carbonyl (C=O) groups is 2. The third kappa shape index (κ3) is 3.05. The predicted molar refractivity (Wildman–Crippen MR) is 49.3 cm³/mol. The molecule has 0 aromatic carbocycles. The molecule has 0 unspecified atom stereocenters. The number of carbonyl (C=O) groups excluding carboxylic acids is 1. The molecule has 0 aromatic rings. The van der Waals surface area contributed by atoms with Crippen molar-refractivity contribution in [2.45, 2.75) is 33.7 Å².